The molecule has 0 radical (unpaired) electrons. The van der Waals surface area contributed by atoms with Crippen molar-refractivity contribution in [3.63, 3.8) is 0 Å². The Bertz CT molecular complexity index is 642. The van der Waals surface area contributed by atoms with Gasteiger partial charge in [-0.15, -0.1) is 0 Å². The van der Waals surface area contributed by atoms with Gasteiger partial charge >= 0.3 is 0 Å². The highest BCUT2D eigenvalue weighted by molar-refractivity contribution is 5.74. The molecular weight excluding hydrogens is 242 g/mol. The monoisotopic (exact) mass is 263 g/mol. The van der Waals surface area contributed by atoms with E-state index < -0.39 is 0 Å². The molecular formula is C19H21N. The van der Waals surface area contributed by atoms with Gasteiger partial charge in [-0.3, -0.25) is 4.99 Å². The van der Waals surface area contributed by atoms with Gasteiger partial charge in [-0.1, -0.05) is 57.2 Å². The molecule has 0 saturated heterocycles. The highest BCUT2D eigenvalue weighted by atomic mass is 14.7. The van der Waals surface area contributed by atoms with Gasteiger partial charge in [0.15, 0.2) is 0 Å². The third-order valence-electron chi connectivity index (χ3n) is 3.94. The first-order chi connectivity index (χ1) is 9.54. The van der Waals surface area contributed by atoms with Gasteiger partial charge in [-0.25, -0.2) is 0 Å². The van der Waals surface area contributed by atoms with Crippen molar-refractivity contribution in [3.05, 3.63) is 53.6 Å². The highest BCUT2D eigenvalue weighted by Crippen LogP contribution is 2.31. The van der Waals surface area contributed by atoms with Crippen LogP contribution in [0.15, 0.2) is 47.5 Å². The van der Waals surface area contributed by atoms with Gasteiger partial charge in [-0.2, -0.15) is 0 Å². The van der Waals surface area contributed by atoms with E-state index in [9.17, 15) is 0 Å². The van der Waals surface area contributed by atoms with Gasteiger partial charge in [0.05, 0.1) is 5.69 Å². The summed E-state index contributed by atoms with van der Waals surface area (Å²) in [6.45, 7) is 6.74. The zero-order chi connectivity index (χ0) is 14.2. The maximum Gasteiger partial charge on any atom is 0.0663 e. The topological polar surface area (TPSA) is 12.4 Å². The van der Waals surface area contributed by atoms with Crippen LogP contribution in [0.5, 0.6) is 0 Å². The first kappa shape index (κ1) is 13.1. The molecule has 1 heterocycles. The Kier molecular flexibility index (Phi) is 3.21. The summed E-state index contributed by atoms with van der Waals surface area (Å²) < 4.78 is 0. The van der Waals surface area contributed by atoms with E-state index in [0.29, 0.717) is 0 Å². The lowest BCUT2D eigenvalue weighted by atomic mass is 9.86. The third kappa shape index (κ3) is 2.53. The van der Waals surface area contributed by atoms with Crippen molar-refractivity contribution >= 4 is 11.9 Å². The van der Waals surface area contributed by atoms with E-state index in [1.807, 2.05) is 6.21 Å². The average molecular weight is 263 g/mol. The van der Waals surface area contributed by atoms with Crippen LogP contribution in [-0.2, 0) is 11.8 Å². The molecule has 0 saturated carbocycles. The van der Waals surface area contributed by atoms with E-state index in [-0.39, 0.29) is 5.41 Å². The number of aliphatic imine (C=N–C) groups is 1. The van der Waals surface area contributed by atoms with Crippen molar-refractivity contribution in [2.75, 3.05) is 0 Å². The molecule has 0 spiro atoms. The molecule has 0 aromatic heterocycles. The van der Waals surface area contributed by atoms with Gasteiger partial charge in [0.25, 0.3) is 0 Å². The van der Waals surface area contributed by atoms with Crippen molar-refractivity contribution in [1.29, 1.82) is 0 Å². The Balaban J connectivity index is 1.96. The summed E-state index contributed by atoms with van der Waals surface area (Å²) in [5.74, 6) is 0. The van der Waals surface area contributed by atoms with E-state index in [2.05, 4.69) is 68.2 Å². The van der Waals surface area contributed by atoms with E-state index in [4.69, 9.17) is 0 Å². The summed E-state index contributed by atoms with van der Waals surface area (Å²) in [5.41, 5.74) is 6.59. The molecule has 3 rings (SSSR count). The minimum Gasteiger partial charge on any atom is -0.261 e. The molecule has 20 heavy (non-hydrogen) atoms. The van der Waals surface area contributed by atoms with Crippen LogP contribution in [0.1, 0.15) is 38.3 Å². The predicted octanol–water partition coefficient (Wildman–Crippen LogP) is 5.30. The van der Waals surface area contributed by atoms with Crippen molar-refractivity contribution < 1.29 is 0 Å². The van der Waals surface area contributed by atoms with Gasteiger partial charge in [0.2, 0.25) is 0 Å². The van der Waals surface area contributed by atoms with E-state index in [1.54, 1.807) is 0 Å². The quantitative estimate of drug-likeness (QED) is 0.662. The molecule has 1 aliphatic heterocycles. The largest absolute Gasteiger partial charge is 0.261 e. The summed E-state index contributed by atoms with van der Waals surface area (Å²) in [5, 5.41) is 0. The molecule has 0 bridgehead atoms. The smallest absolute Gasteiger partial charge is 0.0663 e. The fourth-order valence-electron chi connectivity index (χ4n) is 2.62. The normalized spacial score (nSPS) is 14.2. The Morgan fingerprint density at radius 2 is 1.60 bits per heavy atom. The second-order valence-electron chi connectivity index (χ2n) is 6.52. The van der Waals surface area contributed by atoms with Gasteiger partial charge in [-0.05, 0) is 46.6 Å². The van der Waals surface area contributed by atoms with E-state index in [0.717, 1.165) is 18.5 Å². The summed E-state index contributed by atoms with van der Waals surface area (Å²) >= 11 is 0. The molecule has 102 valence electrons. The van der Waals surface area contributed by atoms with Crippen LogP contribution in [-0.4, -0.2) is 6.21 Å². The van der Waals surface area contributed by atoms with Crippen LogP contribution < -0.4 is 0 Å². The minimum atomic E-state index is 0.207. The molecule has 0 N–H and O–H groups in total. The zero-order valence-corrected chi connectivity index (χ0v) is 12.5. The van der Waals surface area contributed by atoms with Crippen LogP contribution in [0.4, 0.5) is 5.69 Å². The summed E-state index contributed by atoms with van der Waals surface area (Å²) in [4.78, 5) is 4.51. The fourth-order valence-corrected chi connectivity index (χ4v) is 2.62. The van der Waals surface area contributed by atoms with Crippen LogP contribution >= 0.6 is 0 Å². The number of hydrogen-bond acceptors (Lipinski definition) is 1. The van der Waals surface area contributed by atoms with Crippen molar-refractivity contribution in [2.24, 2.45) is 4.99 Å². The van der Waals surface area contributed by atoms with Gasteiger partial charge in [0.1, 0.15) is 0 Å². The standard InChI is InChI=1S/C19H21N/c1-19(2,3)17-10-8-14(9-11-17)16-7-6-15-5-4-12-20-18(15)13-16/h6-13H,4-5H2,1-3H3. The van der Waals surface area contributed by atoms with Crippen molar-refractivity contribution in [2.45, 2.75) is 39.0 Å². The lowest BCUT2D eigenvalue weighted by Crippen LogP contribution is -2.10. The average Bonchev–Trinajstić information content (AvgIpc) is 2.46. The number of nitrogens with zero attached hydrogens (tertiary/aromatic N) is 1. The SMILES string of the molecule is CC(C)(C)c1ccc(-c2ccc3c(c2)N=CCC3)cc1. The van der Waals surface area contributed by atoms with Crippen LogP contribution in [0.3, 0.4) is 0 Å². The Morgan fingerprint density at radius 1 is 0.900 bits per heavy atom. The summed E-state index contributed by atoms with van der Waals surface area (Å²) in [7, 11) is 0. The Labute approximate surface area is 121 Å². The lowest BCUT2D eigenvalue weighted by molar-refractivity contribution is 0.590. The number of rotatable bonds is 1. The van der Waals surface area contributed by atoms with E-state index in [1.165, 1.54) is 22.3 Å². The maximum absolute atomic E-state index is 4.51. The van der Waals surface area contributed by atoms with Crippen LogP contribution in [0, 0.1) is 0 Å². The molecule has 1 heteroatoms. The van der Waals surface area contributed by atoms with Crippen LogP contribution in [0.2, 0.25) is 0 Å². The number of fused-ring (bicyclic) bond motifs is 1. The number of hydrogen-bond donors (Lipinski definition) is 0. The molecule has 2 aromatic carbocycles. The molecule has 1 nitrogen and oxygen atoms in total. The zero-order valence-electron chi connectivity index (χ0n) is 12.5. The summed E-state index contributed by atoms with van der Waals surface area (Å²) in [6.07, 6.45) is 4.20. The molecule has 1 aliphatic rings. The molecule has 0 atom stereocenters. The molecule has 0 aliphatic carbocycles. The van der Waals surface area contributed by atoms with Crippen molar-refractivity contribution in [3.8, 4) is 11.1 Å². The third-order valence-corrected chi connectivity index (χ3v) is 3.94. The van der Waals surface area contributed by atoms with E-state index >= 15 is 0 Å². The minimum absolute atomic E-state index is 0.207. The summed E-state index contributed by atoms with van der Waals surface area (Å²) in [6, 6.07) is 15.5. The number of aryl methyl sites for hydroxylation is 1. The Morgan fingerprint density at radius 3 is 2.30 bits per heavy atom. The Hall–Kier alpha value is -1.89. The maximum atomic E-state index is 4.51. The molecule has 0 unspecified atom stereocenters. The molecule has 0 fully saturated rings. The predicted molar refractivity (Wildman–Crippen MR) is 87.1 cm³/mol. The van der Waals surface area contributed by atoms with Gasteiger partial charge < -0.3 is 0 Å². The number of benzene rings is 2. The molecule has 0 amide bonds. The first-order valence-corrected chi connectivity index (χ1v) is 7.30. The second-order valence-corrected chi connectivity index (χ2v) is 6.52. The van der Waals surface area contributed by atoms with Gasteiger partial charge in [0, 0.05) is 6.21 Å². The highest BCUT2D eigenvalue weighted by Gasteiger charge is 2.13. The lowest BCUT2D eigenvalue weighted by Gasteiger charge is -2.19. The van der Waals surface area contributed by atoms with Crippen molar-refractivity contribution in [1.82, 2.24) is 0 Å². The second kappa shape index (κ2) is 4.90. The fraction of sp³-hybridized carbons (Fsp3) is 0.316. The van der Waals surface area contributed by atoms with Crippen LogP contribution in [0.25, 0.3) is 11.1 Å². The first-order valence-electron chi connectivity index (χ1n) is 7.30. The molecule has 2 aromatic rings.